The highest BCUT2D eigenvalue weighted by molar-refractivity contribution is 5.90. The quantitative estimate of drug-likeness (QED) is 0.779. The summed E-state index contributed by atoms with van der Waals surface area (Å²) in [5.74, 6) is -2.62. The van der Waals surface area contributed by atoms with E-state index in [0.717, 1.165) is 6.07 Å². The van der Waals surface area contributed by atoms with Crippen LogP contribution in [0.25, 0.3) is 0 Å². The molecule has 0 aliphatic carbocycles. The fourth-order valence-electron chi connectivity index (χ4n) is 1.20. The van der Waals surface area contributed by atoms with E-state index < -0.39 is 35.3 Å². The maximum Gasteiger partial charge on any atom is 0.387 e. The first-order valence-electron chi connectivity index (χ1n) is 4.85. The number of rotatable bonds is 4. The van der Waals surface area contributed by atoms with Crippen LogP contribution in [-0.4, -0.2) is 19.2 Å². The van der Waals surface area contributed by atoms with Gasteiger partial charge < -0.3 is 9.47 Å². The molecule has 0 bridgehead atoms. The van der Waals surface area contributed by atoms with Crippen LogP contribution in [0.2, 0.25) is 0 Å². The lowest BCUT2D eigenvalue weighted by atomic mass is 10.1. The van der Waals surface area contributed by atoms with E-state index in [1.54, 1.807) is 0 Å². The van der Waals surface area contributed by atoms with E-state index >= 15 is 0 Å². The molecule has 0 heterocycles. The summed E-state index contributed by atoms with van der Waals surface area (Å²) in [7, 11) is 0. The Bertz CT molecular complexity index is 497. The summed E-state index contributed by atoms with van der Waals surface area (Å²) in [6, 6.07) is 2.85. The molecule has 1 aromatic carbocycles. The standard InChI is InChI=1S/C11H8F3NO3/c1-2-17-10(16)7-4-9(18-11(13)14)6(5-15)3-8(7)12/h3-4,11H,2H2,1H3. The summed E-state index contributed by atoms with van der Waals surface area (Å²) >= 11 is 0. The van der Waals surface area contributed by atoms with Crippen LogP contribution >= 0.6 is 0 Å². The number of nitriles is 1. The van der Waals surface area contributed by atoms with Crippen molar-refractivity contribution in [3.05, 3.63) is 29.1 Å². The fourth-order valence-corrected chi connectivity index (χ4v) is 1.20. The van der Waals surface area contributed by atoms with Crippen molar-refractivity contribution in [2.45, 2.75) is 13.5 Å². The molecule has 0 radical (unpaired) electrons. The molecule has 0 N–H and O–H groups in total. The van der Waals surface area contributed by atoms with Crippen molar-refractivity contribution in [3.8, 4) is 11.8 Å². The van der Waals surface area contributed by atoms with Crippen LogP contribution in [0.15, 0.2) is 12.1 Å². The van der Waals surface area contributed by atoms with E-state index in [1.165, 1.54) is 13.0 Å². The molecule has 4 nitrogen and oxygen atoms in total. The Hall–Kier alpha value is -2.23. The third-order valence-corrected chi connectivity index (χ3v) is 1.90. The minimum absolute atomic E-state index is 0.00329. The van der Waals surface area contributed by atoms with E-state index in [1.807, 2.05) is 0 Å². The summed E-state index contributed by atoms with van der Waals surface area (Å²) in [5.41, 5.74) is -0.993. The van der Waals surface area contributed by atoms with Gasteiger partial charge in [-0.3, -0.25) is 0 Å². The lowest BCUT2D eigenvalue weighted by Crippen LogP contribution is -2.10. The highest BCUT2D eigenvalue weighted by Crippen LogP contribution is 2.24. The molecular weight excluding hydrogens is 251 g/mol. The van der Waals surface area contributed by atoms with Crippen molar-refractivity contribution < 1.29 is 27.4 Å². The maximum atomic E-state index is 13.4. The highest BCUT2D eigenvalue weighted by Gasteiger charge is 2.19. The molecule has 7 heteroatoms. The van der Waals surface area contributed by atoms with Gasteiger partial charge >= 0.3 is 12.6 Å². The number of carbonyl (C=O) groups is 1. The van der Waals surface area contributed by atoms with Crippen LogP contribution in [0.3, 0.4) is 0 Å². The molecule has 18 heavy (non-hydrogen) atoms. The van der Waals surface area contributed by atoms with Gasteiger partial charge in [-0.25, -0.2) is 9.18 Å². The van der Waals surface area contributed by atoms with E-state index in [0.29, 0.717) is 6.07 Å². The molecule has 0 saturated carbocycles. The Morgan fingerprint density at radius 3 is 2.67 bits per heavy atom. The molecule has 1 rings (SSSR count). The number of hydrogen-bond donors (Lipinski definition) is 0. The Kier molecular flexibility index (Phi) is 4.54. The first-order chi connectivity index (χ1) is 8.49. The third kappa shape index (κ3) is 3.13. The maximum absolute atomic E-state index is 13.4. The lowest BCUT2D eigenvalue weighted by Gasteiger charge is -2.09. The van der Waals surface area contributed by atoms with Crippen molar-refractivity contribution >= 4 is 5.97 Å². The minimum atomic E-state index is -3.18. The van der Waals surface area contributed by atoms with Crippen LogP contribution in [0.5, 0.6) is 5.75 Å². The number of halogens is 3. The Morgan fingerprint density at radius 2 is 2.17 bits per heavy atom. The summed E-state index contributed by atoms with van der Waals surface area (Å²) in [5, 5.41) is 8.63. The predicted octanol–water partition coefficient (Wildman–Crippen LogP) is 2.48. The number of benzene rings is 1. The number of hydrogen-bond acceptors (Lipinski definition) is 4. The number of ether oxygens (including phenoxy) is 2. The molecule has 0 unspecified atom stereocenters. The van der Waals surface area contributed by atoms with Gasteiger partial charge in [0, 0.05) is 0 Å². The fraction of sp³-hybridized carbons (Fsp3) is 0.273. The molecule has 1 aromatic rings. The van der Waals surface area contributed by atoms with Gasteiger partial charge in [-0.15, -0.1) is 0 Å². The predicted molar refractivity (Wildman–Crippen MR) is 53.7 cm³/mol. The van der Waals surface area contributed by atoms with Crippen LogP contribution in [-0.2, 0) is 4.74 Å². The molecule has 0 aliphatic heterocycles. The SMILES string of the molecule is CCOC(=O)c1cc(OC(F)F)c(C#N)cc1F. The number of alkyl halides is 2. The van der Waals surface area contributed by atoms with Gasteiger partial charge in [0.1, 0.15) is 17.6 Å². The van der Waals surface area contributed by atoms with Crippen LogP contribution < -0.4 is 4.74 Å². The zero-order chi connectivity index (χ0) is 13.7. The zero-order valence-electron chi connectivity index (χ0n) is 9.25. The minimum Gasteiger partial charge on any atom is -0.462 e. The van der Waals surface area contributed by atoms with Crippen LogP contribution in [0, 0.1) is 17.1 Å². The summed E-state index contributed by atoms with van der Waals surface area (Å²) in [6.45, 7) is -1.67. The second-order valence-electron chi connectivity index (χ2n) is 3.04. The van der Waals surface area contributed by atoms with Gasteiger partial charge in [-0.2, -0.15) is 14.0 Å². The lowest BCUT2D eigenvalue weighted by molar-refractivity contribution is -0.0501. The van der Waals surface area contributed by atoms with Crippen molar-refractivity contribution in [3.63, 3.8) is 0 Å². The van der Waals surface area contributed by atoms with Gasteiger partial charge in [0.2, 0.25) is 0 Å². The average molecular weight is 259 g/mol. The molecule has 0 aliphatic rings. The third-order valence-electron chi connectivity index (χ3n) is 1.90. The number of nitrogens with zero attached hydrogens (tertiary/aromatic N) is 1. The molecule has 0 atom stereocenters. The second kappa shape index (κ2) is 5.91. The Morgan fingerprint density at radius 1 is 1.50 bits per heavy atom. The van der Waals surface area contributed by atoms with Gasteiger partial charge in [-0.05, 0) is 19.1 Å². The summed E-state index contributed by atoms with van der Waals surface area (Å²) < 4.78 is 46.2. The van der Waals surface area contributed by atoms with Gasteiger partial charge in [0.25, 0.3) is 0 Å². The van der Waals surface area contributed by atoms with Crippen molar-refractivity contribution in [1.82, 2.24) is 0 Å². The monoisotopic (exact) mass is 259 g/mol. The number of esters is 1. The van der Waals surface area contributed by atoms with Crippen LogP contribution in [0.4, 0.5) is 13.2 Å². The van der Waals surface area contributed by atoms with E-state index in [9.17, 15) is 18.0 Å². The molecular formula is C11H8F3NO3. The topological polar surface area (TPSA) is 59.3 Å². The number of carbonyl (C=O) groups excluding carboxylic acids is 1. The van der Waals surface area contributed by atoms with Crippen LogP contribution in [0.1, 0.15) is 22.8 Å². The summed E-state index contributed by atoms with van der Waals surface area (Å²) in [6.07, 6.45) is 0. The van der Waals surface area contributed by atoms with E-state index in [2.05, 4.69) is 9.47 Å². The van der Waals surface area contributed by atoms with Crippen molar-refractivity contribution in [2.75, 3.05) is 6.61 Å². The van der Waals surface area contributed by atoms with Gasteiger partial charge in [0.15, 0.2) is 0 Å². The highest BCUT2D eigenvalue weighted by atomic mass is 19.3. The smallest absolute Gasteiger partial charge is 0.387 e. The molecule has 0 amide bonds. The van der Waals surface area contributed by atoms with Crippen molar-refractivity contribution in [1.29, 1.82) is 5.26 Å². The zero-order valence-corrected chi connectivity index (χ0v) is 9.25. The average Bonchev–Trinajstić information content (AvgIpc) is 2.30. The molecule has 0 saturated heterocycles. The first kappa shape index (κ1) is 13.8. The Balaban J connectivity index is 3.21. The van der Waals surface area contributed by atoms with E-state index in [-0.39, 0.29) is 6.61 Å². The Labute approximate surface area is 101 Å². The molecule has 0 spiro atoms. The van der Waals surface area contributed by atoms with Gasteiger partial charge in [-0.1, -0.05) is 0 Å². The normalized spacial score (nSPS) is 10.0. The molecule has 0 aromatic heterocycles. The molecule has 0 fully saturated rings. The first-order valence-corrected chi connectivity index (χ1v) is 4.85. The van der Waals surface area contributed by atoms with Crippen molar-refractivity contribution in [2.24, 2.45) is 0 Å². The largest absolute Gasteiger partial charge is 0.462 e. The van der Waals surface area contributed by atoms with Gasteiger partial charge in [0.05, 0.1) is 17.7 Å². The summed E-state index contributed by atoms with van der Waals surface area (Å²) in [4.78, 5) is 11.3. The molecule has 96 valence electrons. The second-order valence-corrected chi connectivity index (χ2v) is 3.04. The van der Waals surface area contributed by atoms with E-state index in [4.69, 9.17) is 5.26 Å².